The first-order valence-electron chi connectivity index (χ1n) is 10.3. The number of aryl methyl sites for hydroxylation is 1. The van der Waals surface area contributed by atoms with Crippen molar-refractivity contribution in [3.63, 3.8) is 0 Å². The first-order chi connectivity index (χ1) is 15.0. The molecule has 0 radical (unpaired) electrons. The van der Waals surface area contributed by atoms with Crippen LogP contribution < -0.4 is 4.90 Å². The summed E-state index contributed by atoms with van der Waals surface area (Å²) in [6.45, 7) is 9.29. The molecule has 0 atom stereocenters. The fourth-order valence-corrected chi connectivity index (χ4v) is 4.67. The molecule has 168 valence electrons. The molecule has 0 aliphatic heterocycles. The lowest BCUT2D eigenvalue weighted by Crippen LogP contribution is -2.39. The van der Waals surface area contributed by atoms with Crippen LogP contribution in [0.15, 0.2) is 42.6 Å². The minimum atomic E-state index is -0.201. The number of carbonyl (C=O) groups is 1. The summed E-state index contributed by atoms with van der Waals surface area (Å²) >= 11 is 7.78. The Hall–Kier alpha value is -2.32. The van der Waals surface area contributed by atoms with Crippen molar-refractivity contribution >= 4 is 67.6 Å². The van der Waals surface area contributed by atoms with E-state index in [0.717, 1.165) is 40.9 Å². The van der Waals surface area contributed by atoms with Crippen LogP contribution >= 0.6 is 35.3 Å². The summed E-state index contributed by atoms with van der Waals surface area (Å²) < 4.78 is 1.00. The molecule has 0 aliphatic rings. The number of rotatable bonds is 7. The molecule has 0 N–H and O–H groups in total. The zero-order valence-electron chi connectivity index (χ0n) is 18.2. The maximum Gasteiger partial charge on any atom is 0.280 e. The van der Waals surface area contributed by atoms with Crippen LogP contribution in [0.3, 0.4) is 0 Å². The van der Waals surface area contributed by atoms with E-state index in [-0.39, 0.29) is 18.3 Å². The molecule has 0 bridgehead atoms. The van der Waals surface area contributed by atoms with Gasteiger partial charge in [0.25, 0.3) is 5.91 Å². The number of nitrogens with zero attached hydrogens (tertiary/aromatic N) is 5. The van der Waals surface area contributed by atoms with E-state index in [2.05, 4.69) is 28.7 Å². The number of amides is 1. The number of thiazole rings is 1. The minimum Gasteiger partial charge on any atom is -0.302 e. The Morgan fingerprint density at radius 3 is 2.47 bits per heavy atom. The van der Waals surface area contributed by atoms with Crippen LogP contribution in [0.4, 0.5) is 5.13 Å². The first kappa shape index (κ1) is 24.3. The van der Waals surface area contributed by atoms with Gasteiger partial charge in [-0.05, 0) is 49.8 Å². The highest BCUT2D eigenvalue weighted by molar-refractivity contribution is 7.22. The number of carbonyl (C=O) groups excluding carboxylic acids is 1. The lowest BCUT2D eigenvalue weighted by molar-refractivity contribution is 0.0979. The standard InChI is InChI=1S/C23H24ClN5OS.ClH/c1-4-28(5-2)12-13-29(23-27-21-15(3)16(24)10-11-20(21)31-23)22(30)19-14-25-17-8-6-7-9-18(17)26-19;/h6-11,14H,4-5,12-13H2,1-3H3;1H. The molecule has 4 aromatic rings. The number of anilines is 1. The van der Waals surface area contributed by atoms with Crippen molar-refractivity contribution in [2.75, 3.05) is 31.1 Å². The SMILES string of the molecule is CCN(CC)CCN(C(=O)c1cnc2ccccc2n1)c1nc2c(C)c(Cl)ccc2s1.Cl. The molecule has 1 amide bonds. The van der Waals surface area contributed by atoms with Gasteiger partial charge in [0.1, 0.15) is 5.69 Å². The maximum absolute atomic E-state index is 13.6. The van der Waals surface area contributed by atoms with Gasteiger partial charge in [-0.1, -0.05) is 48.9 Å². The van der Waals surface area contributed by atoms with E-state index in [1.54, 1.807) is 11.1 Å². The van der Waals surface area contributed by atoms with E-state index in [4.69, 9.17) is 16.6 Å². The van der Waals surface area contributed by atoms with Gasteiger partial charge in [0, 0.05) is 18.1 Å². The number of para-hydroxylation sites is 2. The van der Waals surface area contributed by atoms with Gasteiger partial charge in [-0.15, -0.1) is 12.4 Å². The van der Waals surface area contributed by atoms with Gasteiger partial charge in [-0.3, -0.25) is 14.7 Å². The van der Waals surface area contributed by atoms with E-state index in [1.165, 1.54) is 11.3 Å². The second-order valence-electron chi connectivity index (χ2n) is 7.24. The van der Waals surface area contributed by atoms with Gasteiger partial charge in [-0.25, -0.2) is 9.97 Å². The number of aromatic nitrogens is 3. The lowest BCUT2D eigenvalue weighted by atomic mass is 10.2. The molecular weight excluding hydrogens is 465 g/mol. The summed E-state index contributed by atoms with van der Waals surface area (Å²) in [6, 6.07) is 11.4. The van der Waals surface area contributed by atoms with Crippen molar-refractivity contribution in [1.29, 1.82) is 0 Å². The highest BCUT2D eigenvalue weighted by Gasteiger charge is 2.24. The number of benzene rings is 2. The summed E-state index contributed by atoms with van der Waals surface area (Å²) in [4.78, 5) is 31.3. The number of hydrogen-bond acceptors (Lipinski definition) is 6. The molecule has 0 unspecified atom stereocenters. The largest absolute Gasteiger partial charge is 0.302 e. The zero-order chi connectivity index (χ0) is 22.0. The summed E-state index contributed by atoms with van der Waals surface area (Å²) in [7, 11) is 0. The van der Waals surface area contributed by atoms with Crippen LogP contribution in [-0.4, -0.2) is 51.9 Å². The molecule has 2 aromatic heterocycles. The molecule has 6 nitrogen and oxygen atoms in total. The Kier molecular flexibility index (Phi) is 8.00. The molecule has 2 heterocycles. The van der Waals surface area contributed by atoms with Crippen LogP contribution in [0.2, 0.25) is 5.02 Å². The molecule has 9 heteroatoms. The summed E-state index contributed by atoms with van der Waals surface area (Å²) in [5.74, 6) is -0.201. The highest BCUT2D eigenvalue weighted by Crippen LogP contribution is 2.34. The summed E-state index contributed by atoms with van der Waals surface area (Å²) in [6.07, 6.45) is 1.55. The molecular formula is C23H25Cl2N5OS. The Balaban J connectivity index is 0.00000289. The Morgan fingerprint density at radius 1 is 1.03 bits per heavy atom. The molecule has 0 saturated heterocycles. The third-order valence-electron chi connectivity index (χ3n) is 5.41. The van der Waals surface area contributed by atoms with Crippen molar-refractivity contribution in [2.45, 2.75) is 20.8 Å². The van der Waals surface area contributed by atoms with Crippen LogP contribution in [0.1, 0.15) is 29.9 Å². The first-order valence-corrected chi connectivity index (χ1v) is 11.5. The molecule has 2 aromatic carbocycles. The van der Waals surface area contributed by atoms with Crippen LogP contribution in [0.25, 0.3) is 21.3 Å². The highest BCUT2D eigenvalue weighted by atomic mass is 35.5. The van der Waals surface area contributed by atoms with Crippen molar-refractivity contribution in [3.8, 4) is 0 Å². The Morgan fingerprint density at radius 2 is 1.75 bits per heavy atom. The van der Waals surface area contributed by atoms with Gasteiger partial charge in [-0.2, -0.15) is 0 Å². The number of hydrogen-bond donors (Lipinski definition) is 0. The van der Waals surface area contributed by atoms with E-state index in [9.17, 15) is 4.79 Å². The summed E-state index contributed by atoms with van der Waals surface area (Å²) in [5, 5.41) is 1.32. The fourth-order valence-electron chi connectivity index (χ4n) is 3.47. The average molecular weight is 490 g/mol. The predicted molar refractivity (Wildman–Crippen MR) is 136 cm³/mol. The fraction of sp³-hybridized carbons (Fsp3) is 0.304. The third-order valence-corrected chi connectivity index (χ3v) is 6.87. The van der Waals surface area contributed by atoms with Gasteiger partial charge < -0.3 is 4.90 Å². The lowest BCUT2D eigenvalue weighted by Gasteiger charge is -2.24. The molecule has 0 fully saturated rings. The van der Waals surface area contributed by atoms with Crippen LogP contribution in [-0.2, 0) is 0 Å². The van der Waals surface area contributed by atoms with E-state index < -0.39 is 0 Å². The third kappa shape index (κ3) is 4.86. The van der Waals surface area contributed by atoms with Gasteiger partial charge in [0.15, 0.2) is 5.13 Å². The molecule has 32 heavy (non-hydrogen) atoms. The van der Waals surface area contributed by atoms with Gasteiger partial charge in [0.05, 0.1) is 27.4 Å². The van der Waals surface area contributed by atoms with Gasteiger partial charge >= 0.3 is 0 Å². The topological polar surface area (TPSA) is 62.2 Å². The summed E-state index contributed by atoms with van der Waals surface area (Å²) in [5.41, 5.74) is 3.52. The minimum absolute atomic E-state index is 0. The predicted octanol–water partition coefficient (Wildman–Crippen LogP) is 5.61. The normalized spacial score (nSPS) is 11.2. The Bertz CT molecular complexity index is 1240. The zero-order valence-corrected chi connectivity index (χ0v) is 20.6. The maximum atomic E-state index is 13.6. The van der Waals surface area contributed by atoms with E-state index >= 15 is 0 Å². The number of halogens is 2. The quantitative estimate of drug-likeness (QED) is 0.337. The average Bonchev–Trinajstić information content (AvgIpc) is 3.23. The van der Waals surface area contributed by atoms with Gasteiger partial charge in [0.2, 0.25) is 0 Å². The van der Waals surface area contributed by atoms with E-state index in [0.29, 0.717) is 27.9 Å². The second-order valence-corrected chi connectivity index (χ2v) is 8.66. The molecule has 0 saturated carbocycles. The molecule has 4 rings (SSSR count). The van der Waals surface area contributed by atoms with Crippen molar-refractivity contribution in [3.05, 3.63) is 58.9 Å². The van der Waals surface area contributed by atoms with Crippen molar-refractivity contribution < 1.29 is 4.79 Å². The van der Waals surface area contributed by atoms with Crippen LogP contribution in [0, 0.1) is 6.92 Å². The van der Waals surface area contributed by atoms with Crippen molar-refractivity contribution in [2.24, 2.45) is 0 Å². The van der Waals surface area contributed by atoms with Crippen LogP contribution in [0.5, 0.6) is 0 Å². The Labute approximate surface area is 202 Å². The number of likely N-dealkylation sites (N-methyl/N-ethyl adjacent to an activating group) is 1. The van der Waals surface area contributed by atoms with Crippen molar-refractivity contribution in [1.82, 2.24) is 19.9 Å². The smallest absolute Gasteiger partial charge is 0.280 e. The number of fused-ring (bicyclic) bond motifs is 2. The molecule has 0 aliphatic carbocycles. The van der Waals surface area contributed by atoms with E-state index in [1.807, 2.05) is 43.3 Å². The molecule has 0 spiro atoms. The second kappa shape index (κ2) is 10.5. The monoisotopic (exact) mass is 489 g/mol.